The quantitative estimate of drug-likeness (QED) is 0.502. The van der Waals surface area contributed by atoms with Gasteiger partial charge in [0.2, 0.25) is 5.91 Å². The van der Waals surface area contributed by atoms with Crippen LogP contribution in [0.1, 0.15) is 35.8 Å². The Morgan fingerprint density at radius 2 is 1.82 bits per heavy atom. The van der Waals surface area contributed by atoms with Gasteiger partial charge >= 0.3 is 0 Å². The largest absolute Gasteiger partial charge is 0.351 e. The minimum absolute atomic E-state index is 0.0947. The summed E-state index contributed by atoms with van der Waals surface area (Å²) in [7, 11) is 0. The van der Waals surface area contributed by atoms with Gasteiger partial charge < -0.3 is 15.6 Å². The molecule has 0 aliphatic carbocycles. The van der Waals surface area contributed by atoms with Crippen molar-refractivity contribution < 1.29 is 9.59 Å². The van der Waals surface area contributed by atoms with E-state index in [1.54, 1.807) is 12.3 Å². The first-order valence-electron chi connectivity index (χ1n) is 9.07. The van der Waals surface area contributed by atoms with Crippen LogP contribution in [-0.4, -0.2) is 21.8 Å². The Morgan fingerprint density at radius 3 is 2.57 bits per heavy atom. The highest BCUT2D eigenvalue weighted by Crippen LogP contribution is 2.29. The summed E-state index contributed by atoms with van der Waals surface area (Å²) < 4.78 is 0. The maximum atomic E-state index is 12.7. The number of carbonyl (C=O) groups is 2. The van der Waals surface area contributed by atoms with Crippen molar-refractivity contribution in [1.29, 1.82) is 0 Å². The average Bonchev–Trinajstić information content (AvgIpc) is 3.07. The number of pyridine rings is 1. The van der Waals surface area contributed by atoms with E-state index in [4.69, 9.17) is 0 Å². The molecule has 0 radical (unpaired) electrons. The van der Waals surface area contributed by atoms with Crippen molar-refractivity contribution in [3.63, 3.8) is 0 Å². The van der Waals surface area contributed by atoms with Crippen LogP contribution in [0.5, 0.6) is 0 Å². The first-order valence-corrected chi connectivity index (χ1v) is 9.07. The van der Waals surface area contributed by atoms with Crippen LogP contribution in [0.3, 0.4) is 0 Å². The lowest BCUT2D eigenvalue weighted by atomic mass is 10.1. The molecule has 140 valence electrons. The molecule has 0 saturated carbocycles. The van der Waals surface area contributed by atoms with Gasteiger partial charge in [-0.1, -0.05) is 36.4 Å². The summed E-state index contributed by atoms with van der Waals surface area (Å²) in [6, 6.07) is 17.2. The second-order valence-corrected chi connectivity index (χ2v) is 6.75. The molecule has 0 fully saturated rings. The summed E-state index contributed by atoms with van der Waals surface area (Å²) in [6.45, 7) is 3.40. The van der Waals surface area contributed by atoms with Gasteiger partial charge in [0, 0.05) is 35.0 Å². The van der Waals surface area contributed by atoms with E-state index in [9.17, 15) is 9.59 Å². The lowest BCUT2D eigenvalue weighted by Gasteiger charge is -2.14. The van der Waals surface area contributed by atoms with Crippen molar-refractivity contribution in [2.75, 3.05) is 5.32 Å². The fraction of sp³-hybridized carbons (Fsp3) is 0.136. The smallest absolute Gasteiger partial charge is 0.251 e. The molecule has 6 heteroatoms. The zero-order valence-electron chi connectivity index (χ0n) is 15.6. The van der Waals surface area contributed by atoms with E-state index in [1.807, 2.05) is 55.5 Å². The summed E-state index contributed by atoms with van der Waals surface area (Å²) >= 11 is 0. The van der Waals surface area contributed by atoms with E-state index in [2.05, 4.69) is 20.6 Å². The maximum absolute atomic E-state index is 12.7. The van der Waals surface area contributed by atoms with Crippen LogP contribution in [0.15, 0.2) is 60.8 Å². The number of nitrogens with one attached hydrogen (secondary N) is 3. The van der Waals surface area contributed by atoms with Gasteiger partial charge in [0.1, 0.15) is 0 Å². The fourth-order valence-corrected chi connectivity index (χ4v) is 3.34. The molecule has 0 bridgehead atoms. The van der Waals surface area contributed by atoms with E-state index in [-0.39, 0.29) is 17.9 Å². The van der Waals surface area contributed by atoms with Crippen molar-refractivity contribution in [2.45, 2.75) is 19.9 Å². The van der Waals surface area contributed by atoms with Crippen molar-refractivity contribution in [1.82, 2.24) is 15.3 Å². The number of rotatable bonds is 4. The lowest BCUT2D eigenvalue weighted by Crippen LogP contribution is -2.26. The Morgan fingerprint density at radius 1 is 1.04 bits per heavy atom. The van der Waals surface area contributed by atoms with E-state index >= 15 is 0 Å². The number of aromatic nitrogens is 2. The molecule has 2 heterocycles. The van der Waals surface area contributed by atoms with E-state index in [0.717, 1.165) is 27.4 Å². The molecule has 1 atom stereocenters. The van der Waals surface area contributed by atoms with Crippen molar-refractivity contribution in [2.24, 2.45) is 0 Å². The van der Waals surface area contributed by atoms with E-state index in [1.165, 1.54) is 6.92 Å². The Kier molecular flexibility index (Phi) is 4.53. The van der Waals surface area contributed by atoms with Gasteiger partial charge in [-0.25, -0.2) is 4.98 Å². The maximum Gasteiger partial charge on any atom is 0.251 e. The molecule has 0 saturated heterocycles. The molecule has 3 N–H and O–H groups in total. The zero-order chi connectivity index (χ0) is 19.7. The van der Waals surface area contributed by atoms with Crippen LogP contribution in [0.25, 0.3) is 21.8 Å². The molecule has 0 aliphatic heterocycles. The lowest BCUT2D eigenvalue weighted by molar-refractivity contribution is -0.114. The number of fused-ring (bicyclic) bond motifs is 3. The second kappa shape index (κ2) is 7.15. The molecule has 2 aromatic heterocycles. The third-order valence-electron chi connectivity index (χ3n) is 4.72. The second-order valence-electron chi connectivity index (χ2n) is 6.75. The summed E-state index contributed by atoms with van der Waals surface area (Å²) in [4.78, 5) is 31.6. The normalized spacial score (nSPS) is 12.1. The molecule has 4 rings (SSSR count). The molecule has 6 nitrogen and oxygen atoms in total. The van der Waals surface area contributed by atoms with Gasteiger partial charge in [0.05, 0.1) is 11.6 Å². The average molecular weight is 372 g/mol. The van der Waals surface area contributed by atoms with Crippen molar-refractivity contribution in [3.8, 4) is 0 Å². The number of H-pyrrole nitrogens is 1. The first kappa shape index (κ1) is 17.7. The number of hydrogen-bond acceptors (Lipinski definition) is 3. The number of benzene rings is 2. The van der Waals surface area contributed by atoms with E-state index in [0.29, 0.717) is 11.4 Å². The summed E-state index contributed by atoms with van der Waals surface area (Å²) in [5.41, 5.74) is 3.17. The molecule has 0 unspecified atom stereocenters. The molecule has 4 aromatic rings. The molecular formula is C22H20N4O2. The van der Waals surface area contributed by atoms with Gasteiger partial charge in [0.15, 0.2) is 5.82 Å². The number of anilines is 1. The number of amides is 2. The number of hydrogen-bond donors (Lipinski definition) is 3. The van der Waals surface area contributed by atoms with Gasteiger partial charge in [-0.15, -0.1) is 0 Å². The van der Waals surface area contributed by atoms with Crippen LogP contribution in [0.2, 0.25) is 0 Å². The highest BCUT2D eigenvalue weighted by molar-refractivity contribution is 6.13. The number of aromatic amines is 1. The van der Waals surface area contributed by atoms with Crippen LogP contribution >= 0.6 is 0 Å². The van der Waals surface area contributed by atoms with Gasteiger partial charge in [-0.2, -0.15) is 0 Å². The monoisotopic (exact) mass is 372 g/mol. The molecule has 0 aliphatic rings. The molecule has 2 amide bonds. The fourth-order valence-electron chi connectivity index (χ4n) is 3.34. The van der Waals surface area contributed by atoms with Crippen LogP contribution in [0, 0.1) is 0 Å². The predicted octanol–water partition coefficient (Wildman–Crippen LogP) is 4.17. The third-order valence-corrected chi connectivity index (χ3v) is 4.72. The van der Waals surface area contributed by atoms with Crippen LogP contribution in [0.4, 0.5) is 5.82 Å². The molecule has 2 aromatic carbocycles. The molecule has 0 spiro atoms. The van der Waals surface area contributed by atoms with Crippen molar-refractivity contribution in [3.05, 3.63) is 71.9 Å². The summed E-state index contributed by atoms with van der Waals surface area (Å²) in [6.07, 6.45) is 1.66. The minimum atomic E-state index is -0.186. The van der Waals surface area contributed by atoms with Gasteiger partial charge in [-0.05, 0) is 30.7 Å². The first-order chi connectivity index (χ1) is 13.5. The highest BCUT2D eigenvalue weighted by Gasteiger charge is 2.14. The van der Waals surface area contributed by atoms with Crippen LogP contribution < -0.4 is 10.6 Å². The van der Waals surface area contributed by atoms with Gasteiger partial charge in [0.25, 0.3) is 5.91 Å². The Labute approximate surface area is 162 Å². The SMILES string of the molecule is CC(=O)Nc1nccc2c1[nH]c1cc(C(=O)N[C@H](C)c3ccccc3)ccc12. The summed E-state index contributed by atoms with van der Waals surface area (Å²) in [5, 5.41) is 7.67. The van der Waals surface area contributed by atoms with Crippen LogP contribution in [-0.2, 0) is 4.79 Å². The topological polar surface area (TPSA) is 86.9 Å². The predicted molar refractivity (Wildman–Crippen MR) is 110 cm³/mol. The zero-order valence-corrected chi connectivity index (χ0v) is 15.6. The Bertz CT molecular complexity index is 1180. The Balaban J connectivity index is 1.66. The Hall–Kier alpha value is -3.67. The number of carbonyl (C=O) groups excluding carboxylic acids is 2. The third kappa shape index (κ3) is 3.32. The highest BCUT2D eigenvalue weighted by atomic mass is 16.2. The molecule has 28 heavy (non-hydrogen) atoms. The standard InChI is InChI=1S/C22H20N4O2/c1-13(15-6-4-3-5-7-15)24-22(28)16-8-9-17-18-10-11-23-21(25-14(2)27)20(18)26-19(17)12-16/h3-13,26H,1-2H3,(H,24,28)(H,23,25,27)/t13-/m1/s1. The number of nitrogens with zero attached hydrogens (tertiary/aromatic N) is 1. The minimum Gasteiger partial charge on any atom is -0.351 e. The van der Waals surface area contributed by atoms with Gasteiger partial charge in [-0.3, -0.25) is 9.59 Å². The van der Waals surface area contributed by atoms with Crippen molar-refractivity contribution >= 4 is 39.4 Å². The van der Waals surface area contributed by atoms with E-state index < -0.39 is 0 Å². The summed E-state index contributed by atoms with van der Waals surface area (Å²) in [5.74, 6) is 0.149. The molecular weight excluding hydrogens is 352 g/mol.